The molecule has 20 heavy (non-hydrogen) atoms. The van der Waals surface area contributed by atoms with Gasteiger partial charge in [0.05, 0.1) is 13.0 Å². The number of hydrogen-bond donors (Lipinski definition) is 0. The zero-order valence-corrected chi connectivity index (χ0v) is 13.6. The Morgan fingerprint density at radius 1 is 1.15 bits per heavy atom. The van der Waals surface area contributed by atoms with Gasteiger partial charge < -0.3 is 9.47 Å². The van der Waals surface area contributed by atoms with Crippen molar-refractivity contribution in [1.82, 2.24) is 0 Å². The van der Waals surface area contributed by atoms with Crippen LogP contribution in [0.25, 0.3) is 0 Å². The van der Waals surface area contributed by atoms with Crippen LogP contribution in [0.3, 0.4) is 0 Å². The molecule has 3 heteroatoms. The van der Waals surface area contributed by atoms with Crippen molar-refractivity contribution in [3.8, 4) is 5.75 Å². The van der Waals surface area contributed by atoms with E-state index in [0.29, 0.717) is 0 Å². The topological polar surface area (TPSA) is 35.5 Å². The Labute approximate surface area is 122 Å². The normalized spacial score (nSPS) is 13.8. The van der Waals surface area contributed by atoms with E-state index < -0.39 is 5.60 Å². The van der Waals surface area contributed by atoms with Crippen molar-refractivity contribution in [3.63, 3.8) is 0 Å². The lowest BCUT2D eigenvalue weighted by Crippen LogP contribution is -2.42. The lowest BCUT2D eigenvalue weighted by molar-refractivity contribution is -0.168. The Bertz CT molecular complexity index is 469. The Kier molecular flexibility index (Phi) is 4.85. The molecule has 0 unspecified atom stereocenters. The van der Waals surface area contributed by atoms with E-state index in [1.807, 2.05) is 45.0 Å². The molecular weight excluding hydrogens is 252 g/mol. The van der Waals surface area contributed by atoms with Gasteiger partial charge in [-0.1, -0.05) is 32.9 Å². The van der Waals surface area contributed by atoms with Crippen molar-refractivity contribution >= 4 is 5.97 Å². The predicted octanol–water partition coefficient (Wildman–Crippen LogP) is 4.17. The summed E-state index contributed by atoms with van der Waals surface area (Å²) in [7, 11) is 1.62. The van der Waals surface area contributed by atoms with Crippen LogP contribution in [0.4, 0.5) is 0 Å². The molecule has 0 aliphatic carbocycles. The van der Waals surface area contributed by atoms with Crippen LogP contribution in [0.5, 0.6) is 5.75 Å². The minimum atomic E-state index is -0.517. The van der Waals surface area contributed by atoms with Gasteiger partial charge in [0.15, 0.2) is 0 Å². The van der Waals surface area contributed by atoms with Gasteiger partial charge >= 0.3 is 5.97 Å². The molecule has 1 atom stereocenters. The van der Waals surface area contributed by atoms with Crippen molar-refractivity contribution in [2.75, 3.05) is 7.11 Å². The van der Waals surface area contributed by atoms with Gasteiger partial charge in [-0.3, -0.25) is 4.79 Å². The molecule has 0 aromatic heterocycles. The molecule has 1 rings (SSSR count). The van der Waals surface area contributed by atoms with Crippen LogP contribution in [0, 0.1) is 5.41 Å². The smallest absolute Gasteiger partial charge is 0.313 e. The third-order valence-electron chi connectivity index (χ3n) is 4.11. The molecule has 1 aromatic rings. The first-order valence-corrected chi connectivity index (χ1v) is 6.95. The second-order valence-electron chi connectivity index (χ2n) is 6.68. The fraction of sp³-hybridized carbons (Fsp3) is 0.588. The maximum Gasteiger partial charge on any atom is 0.313 e. The average molecular weight is 278 g/mol. The zero-order chi connectivity index (χ0) is 15.6. The molecular formula is C17H26O3. The Morgan fingerprint density at radius 3 is 2.25 bits per heavy atom. The summed E-state index contributed by atoms with van der Waals surface area (Å²) < 4.78 is 10.9. The highest BCUT2D eigenvalue weighted by Crippen LogP contribution is 2.34. The van der Waals surface area contributed by atoms with E-state index in [0.717, 1.165) is 11.3 Å². The molecule has 1 aromatic carbocycles. The fourth-order valence-corrected chi connectivity index (χ4v) is 1.54. The summed E-state index contributed by atoms with van der Waals surface area (Å²) in [6, 6.07) is 7.53. The average Bonchev–Trinajstić information content (AvgIpc) is 2.36. The molecule has 112 valence electrons. The van der Waals surface area contributed by atoms with Gasteiger partial charge in [-0.25, -0.2) is 0 Å². The molecule has 0 aliphatic rings. The van der Waals surface area contributed by atoms with Crippen LogP contribution in [0.2, 0.25) is 0 Å². The highest BCUT2D eigenvalue weighted by atomic mass is 16.6. The van der Waals surface area contributed by atoms with E-state index in [1.54, 1.807) is 7.11 Å². The number of esters is 1. The van der Waals surface area contributed by atoms with Crippen LogP contribution in [-0.2, 0) is 9.53 Å². The minimum absolute atomic E-state index is 0.114. The van der Waals surface area contributed by atoms with Crippen molar-refractivity contribution < 1.29 is 14.3 Å². The SMILES string of the molecule is COc1cccc([C@H](C)C(=O)OC(C)(C)C(C)(C)C)c1. The van der Waals surface area contributed by atoms with Gasteiger partial charge in [0, 0.05) is 5.41 Å². The highest BCUT2D eigenvalue weighted by Gasteiger charge is 2.37. The second-order valence-corrected chi connectivity index (χ2v) is 6.68. The first-order chi connectivity index (χ1) is 9.08. The van der Waals surface area contributed by atoms with Gasteiger partial charge in [-0.05, 0) is 38.5 Å². The fourth-order valence-electron chi connectivity index (χ4n) is 1.54. The summed E-state index contributed by atoms with van der Waals surface area (Å²) in [5, 5.41) is 0. The van der Waals surface area contributed by atoms with Crippen LogP contribution >= 0.6 is 0 Å². The summed E-state index contributed by atoms with van der Waals surface area (Å²) in [4.78, 5) is 12.3. The van der Waals surface area contributed by atoms with Crippen LogP contribution in [0.1, 0.15) is 53.0 Å². The monoisotopic (exact) mass is 278 g/mol. The van der Waals surface area contributed by atoms with E-state index in [-0.39, 0.29) is 17.3 Å². The zero-order valence-electron chi connectivity index (χ0n) is 13.6. The molecule has 0 saturated carbocycles. The Hall–Kier alpha value is -1.51. The maximum atomic E-state index is 12.3. The lowest BCUT2D eigenvalue weighted by atomic mass is 9.79. The Balaban J connectivity index is 2.87. The van der Waals surface area contributed by atoms with Crippen LogP contribution in [-0.4, -0.2) is 18.7 Å². The Morgan fingerprint density at radius 2 is 1.75 bits per heavy atom. The van der Waals surface area contributed by atoms with Gasteiger partial charge in [0.1, 0.15) is 11.4 Å². The quantitative estimate of drug-likeness (QED) is 0.776. The number of carbonyl (C=O) groups excluding carboxylic acids is 1. The minimum Gasteiger partial charge on any atom is -0.497 e. The van der Waals surface area contributed by atoms with E-state index in [1.165, 1.54) is 0 Å². The molecule has 0 radical (unpaired) electrons. The van der Waals surface area contributed by atoms with Crippen molar-refractivity contribution in [1.29, 1.82) is 0 Å². The summed E-state index contributed by atoms with van der Waals surface area (Å²) in [6.07, 6.45) is 0. The molecule has 3 nitrogen and oxygen atoms in total. The first-order valence-electron chi connectivity index (χ1n) is 6.95. The highest BCUT2D eigenvalue weighted by molar-refractivity contribution is 5.78. The van der Waals surface area contributed by atoms with Gasteiger partial charge in [-0.2, -0.15) is 0 Å². The number of rotatable bonds is 4. The number of benzene rings is 1. The second kappa shape index (κ2) is 5.86. The third kappa shape index (κ3) is 3.75. The number of hydrogen-bond acceptors (Lipinski definition) is 3. The van der Waals surface area contributed by atoms with Gasteiger partial charge in [-0.15, -0.1) is 0 Å². The molecule has 0 amide bonds. The van der Waals surface area contributed by atoms with Crippen molar-refractivity contribution in [3.05, 3.63) is 29.8 Å². The molecule has 0 N–H and O–H groups in total. The first kappa shape index (κ1) is 16.5. The molecule has 0 saturated heterocycles. The lowest BCUT2D eigenvalue weighted by Gasteiger charge is -2.38. The number of ether oxygens (including phenoxy) is 2. The largest absolute Gasteiger partial charge is 0.497 e. The number of carbonyl (C=O) groups is 1. The standard InChI is InChI=1S/C17H26O3/c1-12(13-9-8-10-14(11-13)19-7)15(18)20-17(5,6)16(2,3)4/h8-12H,1-7H3/t12-/m0/s1. The molecule has 0 heterocycles. The van der Waals surface area contributed by atoms with Crippen molar-refractivity contribution in [2.45, 2.75) is 53.1 Å². The van der Waals surface area contributed by atoms with E-state index in [9.17, 15) is 4.79 Å². The summed E-state index contributed by atoms with van der Waals surface area (Å²) in [5.74, 6) is 0.224. The number of methoxy groups -OCH3 is 1. The summed E-state index contributed by atoms with van der Waals surface area (Å²) >= 11 is 0. The maximum absolute atomic E-state index is 12.3. The predicted molar refractivity (Wildman–Crippen MR) is 81.0 cm³/mol. The van der Waals surface area contributed by atoms with Gasteiger partial charge in [0.25, 0.3) is 0 Å². The van der Waals surface area contributed by atoms with E-state index in [2.05, 4.69) is 20.8 Å². The molecule has 0 aliphatic heterocycles. The molecule has 0 spiro atoms. The van der Waals surface area contributed by atoms with Crippen LogP contribution < -0.4 is 4.74 Å². The van der Waals surface area contributed by atoms with Crippen LogP contribution in [0.15, 0.2) is 24.3 Å². The summed E-state index contributed by atoms with van der Waals surface area (Å²) in [5.41, 5.74) is 0.271. The third-order valence-corrected chi connectivity index (χ3v) is 4.11. The molecule has 0 bridgehead atoms. The summed E-state index contributed by atoms with van der Waals surface area (Å²) in [6.45, 7) is 12.0. The van der Waals surface area contributed by atoms with E-state index in [4.69, 9.17) is 9.47 Å². The van der Waals surface area contributed by atoms with Gasteiger partial charge in [0.2, 0.25) is 0 Å². The van der Waals surface area contributed by atoms with E-state index >= 15 is 0 Å². The molecule has 0 fully saturated rings. The van der Waals surface area contributed by atoms with Crippen molar-refractivity contribution in [2.24, 2.45) is 5.41 Å².